The predicted octanol–water partition coefficient (Wildman–Crippen LogP) is 2.32. The maximum Gasteiger partial charge on any atom is 0.240 e. The lowest BCUT2D eigenvalue weighted by Crippen LogP contribution is -2.35. The molecule has 0 bridgehead atoms. The van der Waals surface area contributed by atoms with Crippen LogP contribution in [-0.4, -0.2) is 38.9 Å². The predicted molar refractivity (Wildman–Crippen MR) is 90.7 cm³/mol. The number of carbonyl (C=O) groups excluding carboxylic acids is 1. The Balaban J connectivity index is 2.02. The summed E-state index contributed by atoms with van der Waals surface area (Å²) in [6.45, 7) is 2.72. The van der Waals surface area contributed by atoms with Gasteiger partial charge in [-0.2, -0.15) is 0 Å². The average Bonchev–Trinajstić information content (AvgIpc) is 2.69. The van der Waals surface area contributed by atoms with Gasteiger partial charge in [0.2, 0.25) is 15.9 Å². The third kappa shape index (κ3) is 5.04. The zero-order chi connectivity index (χ0) is 16.9. The third-order valence-electron chi connectivity index (χ3n) is 4.32. The van der Waals surface area contributed by atoms with Crippen LogP contribution in [0.25, 0.3) is 0 Å². The Morgan fingerprint density at radius 1 is 1.22 bits per heavy atom. The summed E-state index contributed by atoms with van der Waals surface area (Å²) in [7, 11) is -1.77. The fourth-order valence-corrected chi connectivity index (χ4v) is 4.03. The van der Waals surface area contributed by atoms with E-state index < -0.39 is 10.0 Å². The molecule has 1 saturated heterocycles. The van der Waals surface area contributed by atoms with Gasteiger partial charge in [0.25, 0.3) is 0 Å². The second kappa shape index (κ2) is 7.93. The highest BCUT2D eigenvalue weighted by Gasteiger charge is 2.24. The summed E-state index contributed by atoms with van der Waals surface area (Å²) in [5.74, 6) is 0.0759. The van der Waals surface area contributed by atoms with Crippen molar-refractivity contribution in [1.29, 1.82) is 0 Å². The van der Waals surface area contributed by atoms with E-state index in [1.54, 1.807) is 24.1 Å². The molecule has 0 aliphatic carbocycles. The van der Waals surface area contributed by atoms with Gasteiger partial charge >= 0.3 is 0 Å². The van der Waals surface area contributed by atoms with Crippen LogP contribution < -0.4 is 4.72 Å². The van der Waals surface area contributed by atoms with Crippen molar-refractivity contribution in [3.8, 4) is 0 Å². The van der Waals surface area contributed by atoms with Crippen LogP contribution in [0.2, 0.25) is 0 Å². The van der Waals surface area contributed by atoms with Gasteiger partial charge < -0.3 is 4.90 Å². The maximum atomic E-state index is 12.5. The average molecular weight is 338 g/mol. The molecule has 23 heavy (non-hydrogen) atoms. The summed E-state index contributed by atoms with van der Waals surface area (Å²) in [6, 6.07) is 6.92. The smallest absolute Gasteiger partial charge is 0.240 e. The standard InChI is InChI=1S/C17H26N2O3S/c1-3-4-5-14-6-9-16(10-7-14)23(21,22)18-15-8-11-17(20)19(2)13-12-15/h6-7,9-10,15,18H,3-5,8,11-13H2,1-2H3. The van der Waals surface area contributed by atoms with Gasteiger partial charge in [0.1, 0.15) is 0 Å². The number of sulfonamides is 1. The Morgan fingerprint density at radius 3 is 2.57 bits per heavy atom. The van der Waals surface area contributed by atoms with Gasteiger partial charge in [-0.3, -0.25) is 4.79 Å². The Labute approximate surface area is 139 Å². The van der Waals surface area contributed by atoms with E-state index in [-0.39, 0.29) is 11.9 Å². The number of carbonyl (C=O) groups is 1. The molecule has 1 amide bonds. The van der Waals surface area contributed by atoms with Gasteiger partial charge in [-0.25, -0.2) is 13.1 Å². The molecule has 1 heterocycles. The number of rotatable bonds is 6. The summed E-state index contributed by atoms with van der Waals surface area (Å²) < 4.78 is 27.7. The molecule has 0 radical (unpaired) electrons. The van der Waals surface area contributed by atoms with Crippen molar-refractivity contribution >= 4 is 15.9 Å². The molecule has 0 saturated carbocycles. The van der Waals surface area contributed by atoms with Gasteiger partial charge in [-0.15, -0.1) is 0 Å². The zero-order valence-electron chi connectivity index (χ0n) is 13.9. The SMILES string of the molecule is CCCCc1ccc(S(=O)(=O)NC2CCC(=O)N(C)CC2)cc1. The number of benzene rings is 1. The Morgan fingerprint density at radius 2 is 1.91 bits per heavy atom. The van der Waals surface area contributed by atoms with Crippen LogP contribution in [-0.2, 0) is 21.2 Å². The molecule has 1 aromatic rings. The largest absolute Gasteiger partial charge is 0.346 e. The Kier molecular flexibility index (Phi) is 6.18. The molecule has 1 fully saturated rings. The summed E-state index contributed by atoms with van der Waals surface area (Å²) >= 11 is 0. The fourth-order valence-electron chi connectivity index (χ4n) is 2.73. The number of nitrogens with zero attached hydrogens (tertiary/aromatic N) is 1. The molecule has 0 aromatic heterocycles. The molecule has 1 atom stereocenters. The van der Waals surface area contributed by atoms with E-state index in [2.05, 4.69) is 11.6 Å². The van der Waals surface area contributed by atoms with Crippen molar-refractivity contribution < 1.29 is 13.2 Å². The highest BCUT2D eigenvalue weighted by atomic mass is 32.2. The van der Waals surface area contributed by atoms with E-state index >= 15 is 0 Å². The summed E-state index contributed by atoms with van der Waals surface area (Å²) in [4.78, 5) is 13.6. The highest BCUT2D eigenvalue weighted by Crippen LogP contribution is 2.16. The first-order valence-electron chi connectivity index (χ1n) is 8.27. The maximum absolute atomic E-state index is 12.5. The van der Waals surface area contributed by atoms with Crippen molar-refractivity contribution in [3.63, 3.8) is 0 Å². The van der Waals surface area contributed by atoms with Crippen LogP contribution in [0.15, 0.2) is 29.2 Å². The molecule has 1 aliphatic rings. The van der Waals surface area contributed by atoms with Crippen molar-refractivity contribution in [1.82, 2.24) is 9.62 Å². The molecule has 1 N–H and O–H groups in total. The summed E-state index contributed by atoms with van der Waals surface area (Å²) in [6.07, 6.45) is 4.79. The molecule has 5 nitrogen and oxygen atoms in total. The van der Waals surface area contributed by atoms with Gasteiger partial charge in [-0.1, -0.05) is 25.5 Å². The second-order valence-corrected chi connectivity index (χ2v) is 7.92. The molecule has 128 valence electrons. The molecule has 1 unspecified atom stereocenters. The van der Waals surface area contributed by atoms with Crippen molar-refractivity contribution in [2.45, 2.75) is 56.4 Å². The van der Waals surface area contributed by atoms with Crippen LogP contribution in [0.1, 0.15) is 44.6 Å². The second-order valence-electron chi connectivity index (χ2n) is 6.21. The van der Waals surface area contributed by atoms with Crippen LogP contribution in [0.4, 0.5) is 0 Å². The summed E-state index contributed by atoms with van der Waals surface area (Å²) in [5.41, 5.74) is 1.16. The molecule has 6 heteroatoms. The number of amides is 1. The number of aryl methyl sites for hydroxylation is 1. The van der Waals surface area contributed by atoms with Crippen molar-refractivity contribution in [2.75, 3.05) is 13.6 Å². The first kappa shape index (κ1) is 17.9. The van der Waals surface area contributed by atoms with Gasteiger partial charge in [-0.05, 0) is 43.4 Å². The topological polar surface area (TPSA) is 66.5 Å². The Bertz CT molecular complexity index is 626. The lowest BCUT2D eigenvalue weighted by atomic mass is 10.1. The monoisotopic (exact) mass is 338 g/mol. The van der Waals surface area contributed by atoms with Crippen molar-refractivity contribution in [2.24, 2.45) is 0 Å². The number of hydrogen-bond acceptors (Lipinski definition) is 3. The van der Waals surface area contributed by atoms with E-state index in [0.717, 1.165) is 24.8 Å². The van der Waals surface area contributed by atoms with Crippen LogP contribution >= 0.6 is 0 Å². The van der Waals surface area contributed by atoms with Crippen LogP contribution in [0.3, 0.4) is 0 Å². The van der Waals surface area contributed by atoms with E-state index in [1.165, 1.54) is 0 Å². The minimum atomic E-state index is -3.53. The third-order valence-corrected chi connectivity index (χ3v) is 5.86. The minimum absolute atomic E-state index is 0.0759. The highest BCUT2D eigenvalue weighted by molar-refractivity contribution is 7.89. The molecule has 2 rings (SSSR count). The number of hydrogen-bond donors (Lipinski definition) is 1. The van der Waals surface area contributed by atoms with Crippen molar-refractivity contribution in [3.05, 3.63) is 29.8 Å². The summed E-state index contributed by atoms with van der Waals surface area (Å²) in [5, 5.41) is 0. The van der Waals surface area contributed by atoms with Gasteiger partial charge in [0, 0.05) is 26.1 Å². The number of unbranched alkanes of at least 4 members (excludes halogenated alkanes) is 1. The quantitative estimate of drug-likeness (QED) is 0.865. The van der Waals surface area contributed by atoms with Gasteiger partial charge in [0.15, 0.2) is 0 Å². The van der Waals surface area contributed by atoms with E-state index in [9.17, 15) is 13.2 Å². The first-order chi connectivity index (χ1) is 10.9. The lowest BCUT2D eigenvalue weighted by Gasteiger charge is -2.17. The normalized spacial score (nSPS) is 19.7. The molecule has 0 spiro atoms. The number of likely N-dealkylation sites (tertiary alicyclic amines) is 1. The molecular weight excluding hydrogens is 312 g/mol. The molecule has 1 aromatic carbocycles. The van der Waals surface area contributed by atoms with Crippen LogP contribution in [0, 0.1) is 0 Å². The number of nitrogens with one attached hydrogen (secondary N) is 1. The first-order valence-corrected chi connectivity index (χ1v) is 9.76. The minimum Gasteiger partial charge on any atom is -0.346 e. The van der Waals surface area contributed by atoms with E-state index in [0.29, 0.717) is 30.7 Å². The lowest BCUT2D eigenvalue weighted by molar-refractivity contribution is -0.129. The van der Waals surface area contributed by atoms with Gasteiger partial charge in [0.05, 0.1) is 4.90 Å². The molecule has 1 aliphatic heterocycles. The fraction of sp³-hybridized carbons (Fsp3) is 0.588. The molecular formula is C17H26N2O3S. The zero-order valence-corrected chi connectivity index (χ0v) is 14.7. The Hall–Kier alpha value is -1.40. The van der Waals surface area contributed by atoms with E-state index in [4.69, 9.17) is 0 Å². The van der Waals surface area contributed by atoms with E-state index in [1.807, 2.05) is 12.1 Å². The van der Waals surface area contributed by atoms with Crippen LogP contribution in [0.5, 0.6) is 0 Å².